The SMILES string of the molecule is CC(C)(C)[Si](C)(C)OCCCCCCOCC1=CC=CC1. The molecule has 0 unspecified atom stereocenters. The van der Waals surface area contributed by atoms with E-state index in [4.69, 9.17) is 9.16 Å². The Morgan fingerprint density at radius 2 is 1.71 bits per heavy atom. The summed E-state index contributed by atoms with van der Waals surface area (Å²) < 4.78 is 11.9. The maximum Gasteiger partial charge on any atom is 0.191 e. The Kier molecular flexibility index (Phi) is 7.92. The zero-order valence-electron chi connectivity index (χ0n) is 14.7. The van der Waals surface area contributed by atoms with Crippen molar-refractivity contribution in [2.24, 2.45) is 0 Å². The van der Waals surface area contributed by atoms with E-state index >= 15 is 0 Å². The zero-order chi connectivity index (χ0) is 15.8. The molecule has 0 aromatic rings. The van der Waals surface area contributed by atoms with E-state index in [2.05, 4.69) is 52.1 Å². The van der Waals surface area contributed by atoms with Gasteiger partial charge in [0.2, 0.25) is 0 Å². The van der Waals surface area contributed by atoms with E-state index in [1.54, 1.807) is 0 Å². The molecule has 1 aliphatic carbocycles. The Labute approximate surface area is 132 Å². The molecule has 0 saturated carbocycles. The van der Waals surface area contributed by atoms with Crippen LogP contribution < -0.4 is 0 Å². The normalized spacial score (nSPS) is 15.6. The minimum absolute atomic E-state index is 0.324. The maximum atomic E-state index is 6.18. The number of unbranched alkanes of at least 4 members (excludes halogenated alkanes) is 3. The van der Waals surface area contributed by atoms with Crippen LogP contribution in [0.2, 0.25) is 18.1 Å². The molecule has 0 N–H and O–H groups in total. The van der Waals surface area contributed by atoms with Crippen LogP contribution in [0.4, 0.5) is 0 Å². The van der Waals surface area contributed by atoms with Crippen LogP contribution in [0.5, 0.6) is 0 Å². The fourth-order valence-electron chi connectivity index (χ4n) is 2.01. The highest BCUT2D eigenvalue weighted by molar-refractivity contribution is 6.74. The van der Waals surface area contributed by atoms with E-state index in [0.717, 1.165) is 26.2 Å². The van der Waals surface area contributed by atoms with Gasteiger partial charge in [-0.2, -0.15) is 0 Å². The summed E-state index contributed by atoms with van der Waals surface area (Å²) in [6.07, 6.45) is 12.4. The molecule has 1 aliphatic rings. The Hall–Kier alpha value is -0.383. The summed E-state index contributed by atoms with van der Waals surface area (Å²) >= 11 is 0. The van der Waals surface area contributed by atoms with Gasteiger partial charge >= 0.3 is 0 Å². The molecule has 0 saturated heterocycles. The highest BCUT2D eigenvalue weighted by Crippen LogP contribution is 2.36. The molecule has 122 valence electrons. The Balaban J connectivity index is 1.91. The second-order valence-electron chi connectivity index (χ2n) is 7.53. The summed E-state index contributed by atoms with van der Waals surface area (Å²) in [5.41, 5.74) is 1.40. The lowest BCUT2D eigenvalue weighted by atomic mass is 10.2. The topological polar surface area (TPSA) is 18.5 Å². The summed E-state index contributed by atoms with van der Waals surface area (Å²) in [6.45, 7) is 14.2. The molecule has 0 radical (unpaired) electrons. The molecular weight excluding hydrogens is 276 g/mol. The van der Waals surface area contributed by atoms with Gasteiger partial charge in [-0.3, -0.25) is 0 Å². The molecule has 0 atom stereocenters. The minimum atomic E-state index is -1.54. The van der Waals surface area contributed by atoms with Gasteiger partial charge in [0.25, 0.3) is 0 Å². The van der Waals surface area contributed by atoms with E-state index in [1.165, 1.54) is 31.3 Å². The summed E-state index contributed by atoms with van der Waals surface area (Å²) in [5.74, 6) is 0. The number of hydrogen-bond acceptors (Lipinski definition) is 2. The molecule has 21 heavy (non-hydrogen) atoms. The molecule has 0 heterocycles. The van der Waals surface area contributed by atoms with Crippen LogP contribution in [0, 0.1) is 0 Å². The second kappa shape index (κ2) is 8.91. The number of hydrogen-bond donors (Lipinski definition) is 0. The monoisotopic (exact) mass is 310 g/mol. The molecule has 2 nitrogen and oxygen atoms in total. The third-order valence-corrected chi connectivity index (χ3v) is 9.13. The van der Waals surface area contributed by atoms with Crippen molar-refractivity contribution in [1.29, 1.82) is 0 Å². The summed E-state index contributed by atoms with van der Waals surface area (Å²) in [6, 6.07) is 0. The van der Waals surface area contributed by atoms with Crippen LogP contribution in [0.1, 0.15) is 52.9 Å². The summed E-state index contributed by atoms with van der Waals surface area (Å²) in [5, 5.41) is 0.324. The van der Waals surface area contributed by atoms with Crippen molar-refractivity contribution < 1.29 is 9.16 Å². The molecule has 0 aliphatic heterocycles. The third kappa shape index (κ3) is 7.43. The standard InChI is InChI=1S/C18H34O2Si/c1-18(2,3)21(4,5)20-15-11-7-6-10-14-19-16-17-12-8-9-13-17/h8-9,12H,6-7,10-11,13-16H2,1-5H3. The largest absolute Gasteiger partial charge is 0.417 e. The van der Waals surface area contributed by atoms with Crippen molar-refractivity contribution in [2.75, 3.05) is 19.8 Å². The first kappa shape index (κ1) is 18.7. The summed E-state index contributed by atoms with van der Waals surface area (Å²) in [7, 11) is -1.54. The predicted octanol–water partition coefficient (Wildman–Crippen LogP) is 5.47. The van der Waals surface area contributed by atoms with E-state index in [0.29, 0.717) is 5.04 Å². The van der Waals surface area contributed by atoms with Crippen molar-refractivity contribution in [3.8, 4) is 0 Å². The van der Waals surface area contributed by atoms with Crippen molar-refractivity contribution in [3.63, 3.8) is 0 Å². The minimum Gasteiger partial charge on any atom is -0.417 e. The van der Waals surface area contributed by atoms with Gasteiger partial charge in [0.05, 0.1) is 6.61 Å². The molecule has 3 heteroatoms. The van der Waals surface area contributed by atoms with E-state index in [1.807, 2.05) is 0 Å². The van der Waals surface area contributed by atoms with E-state index < -0.39 is 8.32 Å². The Morgan fingerprint density at radius 3 is 2.29 bits per heavy atom. The van der Waals surface area contributed by atoms with Gasteiger partial charge in [-0.1, -0.05) is 51.8 Å². The van der Waals surface area contributed by atoms with Gasteiger partial charge in [0.15, 0.2) is 8.32 Å². The Morgan fingerprint density at radius 1 is 1.05 bits per heavy atom. The van der Waals surface area contributed by atoms with Gasteiger partial charge in [-0.15, -0.1) is 0 Å². The fraction of sp³-hybridized carbons (Fsp3) is 0.778. The quantitative estimate of drug-likeness (QED) is 0.393. The highest BCUT2D eigenvalue weighted by atomic mass is 28.4. The van der Waals surface area contributed by atoms with Crippen molar-refractivity contribution >= 4 is 8.32 Å². The molecule has 0 aromatic heterocycles. The number of allylic oxidation sites excluding steroid dienone is 3. The van der Waals surface area contributed by atoms with Crippen LogP contribution >= 0.6 is 0 Å². The lowest BCUT2D eigenvalue weighted by molar-refractivity contribution is 0.149. The lowest BCUT2D eigenvalue weighted by Gasteiger charge is -2.36. The van der Waals surface area contributed by atoms with Crippen LogP contribution in [-0.4, -0.2) is 28.1 Å². The van der Waals surface area contributed by atoms with Crippen LogP contribution in [0.15, 0.2) is 23.8 Å². The van der Waals surface area contributed by atoms with Crippen molar-refractivity contribution in [1.82, 2.24) is 0 Å². The van der Waals surface area contributed by atoms with E-state index in [9.17, 15) is 0 Å². The first-order chi connectivity index (χ1) is 9.83. The van der Waals surface area contributed by atoms with Gasteiger partial charge < -0.3 is 9.16 Å². The van der Waals surface area contributed by atoms with Crippen LogP contribution in [-0.2, 0) is 9.16 Å². The number of ether oxygens (including phenoxy) is 1. The zero-order valence-corrected chi connectivity index (χ0v) is 15.7. The molecule has 1 rings (SSSR count). The molecule has 0 bridgehead atoms. The first-order valence-corrected chi connectivity index (χ1v) is 11.3. The van der Waals surface area contributed by atoms with E-state index in [-0.39, 0.29) is 0 Å². The average Bonchev–Trinajstić information content (AvgIpc) is 2.88. The van der Waals surface area contributed by atoms with Gasteiger partial charge in [0, 0.05) is 13.2 Å². The van der Waals surface area contributed by atoms with Gasteiger partial charge in [-0.25, -0.2) is 0 Å². The number of rotatable bonds is 10. The molecule has 0 spiro atoms. The predicted molar refractivity (Wildman–Crippen MR) is 94.3 cm³/mol. The van der Waals surface area contributed by atoms with Crippen molar-refractivity contribution in [2.45, 2.75) is 71.0 Å². The molecule has 0 aromatic carbocycles. The lowest BCUT2D eigenvalue weighted by Crippen LogP contribution is -2.40. The average molecular weight is 311 g/mol. The summed E-state index contributed by atoms with van der Waals surface area (Å²) in [4.78, 5) is 0. The first-order valence-electron chi connectivity index (χ1n) is 8.39. The maximum absolute atomic E-state index is 6.18. The highest BCUT2D eigenvalue weighted by Gasteiger charge is 2.36. The third-order valence-electron chi connectivity index (χ3n) is 4.59. The Bertz CT molecular complexity index is 351. The van der Waals surface area contributed by atoms with Crippen LogP contribution in [0.3, 0.4) is 0 Å². The molecular formula is C18H34O2Si. The second-order valence-corrected chi connectivity index (χ2v) is 12.3. The van der Waals surface area contributed by atoms with Gasteiger partial charge in [0.1, 0.15) is 0 Å². The van der Waals surface area contributed by atoms with Crippen molar-refractivity contribution in [3.05, 3.63) is 23.8 Å². The molecule has 0 amide bonds. The van der Waals surface area contributed by atoms with Crippen LogP contribution in [0.25, 0.3) is 0 Å². The smallest absolute Gasteiger partial charge is 0.191 e. The fourth-order valence-corrected chi connectivity index (χ4v) is 3.09. The molecule has 0 fully saturated rings. The van der Waals surface area contributed by atoms with Gasteiger partial charge in [-0.05, 0) is 43.0 Å².